The number of likely N-dealkylation sites (tertiary alicyclic amines) is 1. The van der Waals surface area contributed by atoms with E-state index in [4.69, 9.17) is 5.73 Å². The Morgan fingerprint density at radius 3 is 2.44 bits per heavy atom. The minimum Gasteiger partial charge on any atom is -0.331 e. The number of carbonyl (C=O) groups excluding carboxylic acids is 1. The molecule has 2 aliphatic rings. The number of piperidine rings is 1. The van der Waals surface area contributed by atoms with E-state index in [9.17, 15) is 9.18 Å². The fraction of sp³-hybridized carbons (Fsp3) is 0.500. The average Bonchev–Trinajstić information content (AvgIpc) is 3.17. The van der Waals surface area contributed by atoms with Gasteiger partial charge in [-0.2, -0.15) is 0 Å². The maximum Gasteiger partial charge on any atom is 0.223 e. The maximum absolute atomic E-state index is 13.0. The zero-order chi connectivity index (χ0) is 12.7. The van der Waals surface area contributed by atoms with Crippen LogP contribution >= 0.6 is 0 Å². The third-order valence-corrected chi connectivity index (χ3v) is 3.84. The molecule has 1 saturated heterocycles. The van der Waals surface area contributed by atoms with Gasteiger partial charge in [0.1, 0.15) is 5.82 Å². The van der Waals surface area contributed by atoms with E-state index in [1.165, 1.54) is 12.1 Å². The van der Waals surface area contributed by atoms with Crippen molar-refractivity contribution in [2.45, 2.75) is 43.8 Å². The predicted octanol–water partition coefficient (Wildman–Crippen LogP) is 1.98. The third kappa shape index (κ3) is 2.01. The summed E-state index contributed by atoms with van der Waals surface area (Å²) in [5.74, 6) is -0.0686. The smallest absolute Gasteiger partial charge is 0.223 e. The van der Waals surface area contributed by atoms with Crippen LogP contribution < -0.4 is 5.73 Å². The lowest BCUT2D eigenvalue weighted by Gasteiger charge is -2.40. The van der Waals surface area contributed by atoms with E-state index in [0.29, 0.717) is 18.9 Å². The number of hydrogen-bond donors (Lipinski definition) is 1. The molecule has 2 atom stereocenters. The number of halogens is 1. The number of nitrogens with zero attached hydrogens (tertiary/aromatic N) is 1. The third-order valence-electron chi connectivity index (χ3n) is 3.84. The quantitative estimate of drug-likeness (QED) is 0.870. The maximum atomic E-state index is 13.0. The number of hydrogen-bond acceptors (Lipinski definition) is 2. The molecule has 1 aromatic rings. The van der Waals surface area contributed by atoms with Crippen molar-refractivity contribution in [1.82, 2.24) is 4.90 Å². The zero-order valence-corrected chi connectivity index (χ0v) is 10.2. The fourth-order valence-corrected chi connectivity index (χ4v) is 2.79. The van der Waals surface area contributed by atoms with Crippen LogP contribution in [-0.2, 0) is 4.79 Å². The fourth-order valence-electron chi connectivity index (χ4n) is 2.79. The minimum atomic E-state index is -0.257. The minimum absolute atomic E-state index is 0.0474. The lowest BCUT2D eigenvalue weighted by atomic mass is 9.90. The summed E-state index contributed by atoms with van der Waals surface area (Å²) in [6.07, 6.45) is 3.38. The summed E-state index contributed by atoms with van der Waals surface area (Å²) in [6, 6.07) is 6.58. The summed E-state index contributed by atoms with van der Waals surface area (Å²) in [7, 11) is 0. The molecule has 1 saturated carbocycles. The Balaban J connectivity index is 1.94. The Bertz CT molecular complexity index is 455. The summed E-state index contributed by atoms with van der Waals surface area (Å²) < 4.78 is 13.0. The number of nitrogens with two attached hydrogens (primary N) is 1. The lowest BCUT2D eigenvalue weighted by molar-refractivity contribution is -0.138. The summed E-state index contributed by atoms with van der Waals surface area (Å²) in [5, 5.41) is 0. The van der Waals surface area contributed by atoms with Gasteiger partial charge < -0.3 is 10.6 Å². The molecular weight excluding hydrogens is 231 g/mol. The number of rotatable bonds is 2. The molecule has 18 heavy (non-hydrogen) atoms. The normalized spacial score (nSPS) is 28.6. The molecule has 1 aliphatic carbocycles. The monoisotopic (exact) mass is 248 g/mol. The highest BCUT2D eigenvalue weighted by molar-refractivity contribution is 5.78. The van der Waals surface area contributed by atoms with Gasteiger partial charge in [0.25, 0.3) is 0 Å². The molecule has 0 aromatic heterocycles. The van der Waals surface area contributed by atoms with Gasteiger partial charge in [-0.3, -0.25) is 4.79 Å². The summed E-state index contributed by atoms with van der Waals surface area (Å²) in [6.45, 7) is 0. The van der Waals surface area contributed by atoms with Gasteiger partial charge in [0.2, 0.25) is 5.91 Å². The molecule has 1 aromatic carbocycles. The molecule has 0 spiro atoms. The molecule has 1 heterocycles. The first-order valence-corrected chi connectivity index (χ1v) is 6.49. The SMILES string of the molecule is NC1CCC(=O)N(C2CC2)C1c1ccc(F)cc1. The van der Waals surface area contributed by atoms with Crippen LogP contribution in [0.1, 0.15) is 37.3 Å². The van der Waals surface area contributed by atoms with Gasteiger partial charge in [-0.15, -0.1) is 0 Å². The highest BCUT2D eigenvalue weighted by Crippen LogP contribution is 2.39. The van der Waals surface area contributed by atoms with Crippen molar-refractivity contribution < 1.29 is 9.18 Å². The van der Waals surface area contributed by atoms with E-state index in [1.54, 1.807) is 12.1 Å². The van der Waals surface area contributed by atoms with Crippen LogP contribution in [0.2, 0.25) is 0 Å². The molecule has 0 bridgehead atoms. The van der Waals surface area contributed by atoms with Crippen molar-refractivity contribution in [3.8, 4) is 0 Å². The largest absolute Gasteiger partial charge is 0.331 e. The standard InChI is InChI=1S/C14H17FN2O/c15-10-3-1-9(2-4-10)14-12(16)7-8-13(18)17(14)11-5-6-11/h1-4,11-12,14H,5-8,16H2. The second-order valence-electron chi connectivity index (χ2n) is 5.23. The molecule has 3 nitrogen and oxygen atoms in total. The van der Waals surface area contributed by atoms with Crippen molar-refractivity contribution in [3.05, 3.63) is 35.6 Å². The van der Waals surface area contributed by atoms with Crippen molar-refractivity contribution in [2.75, 3.05) is 0 Å². The van der Waals surface area contributed by atoms with Gasteiger partial charge in [-0.1, -0.05) is 12.1 Å². The first-order valence-electron chi connectivity index (χ1n) is 6.49. The Labute approximate surface area is 106 Å². The number of amides is 1. The Morgan fingerprint density at radius 2 is 1.83 bits per heavy atom. The van der Waals surface area contributed by atoms with Crippen molar-refractivity contribution in [1.29, 1.82) is 0 Å². The van der Waals surface area contributed by atoms with E-state index >= 15 is 0 Å². The lowest BCUT2D eigenvalue weighted by Crippen LogP contribution is -2.49. The molecule has 96 valence electrons. The molecule has 3 rings (SSSR count). The molecular formula is C14H17FN2O. The highest BCUT2D eigenvalue weighted by atomic mass is 19.1. The molecule has 1 aliphatic heterocycles. The summed E-state index contributed by atoms with van der Waals surface area (Å²) in [5.41, 5.74) is 7.13. The van der Waals surface area contributed by atoms with E-state index in [0.717, 1.165) is 18.4 Å². The van der Waals surface area contributed by atoms with Crippen LogP contribution in [0.4, 0.5) is 4.39 Å². The molecule has 2 unspecified atom stereocenters. The molecule has 1 amide bonds. The Morgan fingerprint density at radius 1 is 1.17 bits per heavy atom. The van der Waals surface area contributed by atoms with Crippen LogP contribution in [0.25, 0.3) is 0 Å². The predicted molar refractivity (Wildman–Crippen MR) is 66.2 cm³/mol. The first kappa shape index (κ1) is 11.7. The Kier molecular flexibility index (Phi) is 2.82. The van der Waals surface area contributed by atoms with Gasteiger partial charge in [0.05, 0.1) is 6.04 Å². The average molecular weight is 248 g/mol. The summed E-state index contributed by atoms with van der Waals surface area (Å²) >= 11 is 0. The van der Waals surface area contributed by atoms with Gasteiger partial charge in [-0.05, 0) is 37.0 Å². The topological polar surface area (TPSA) is 46.3 Å². The highest BCUT2D eigenvalue weighted by Gasteiger charge is 2.42. The van der Waals surface area contributed by atoms with E-state index in [2.05, 4.69) is 0 Å². The summed E-state index contributed by atoms with van der Waals surface area (Å²) in [4.78, 5) is 14.0. The van der Waals surface area contributed by atoms with Gasteiger partial charge in [-0.25, -0.2) is 4.39 Å². The van der Waals surface area contributed by atoms with E-state index in [1.807, 2.05) is 4.90 Å². The van der Waals surface area contributed by atoms with Crippen molar-refractivity contribution in [3.63, 3.8) is 0 Å². The van der Waals surface area contributed by atoms with Crippen LogP contribution in [0.5, 0.6) is 0 Å². The second kappa shape index (κ2) is 4.35. The van der Waals surface area contributed by atoms with Crippen LogP contribution in [0.3, 0.4) is 0 Å². The van der Waals surface area contributed by atoms with Crippen LogP contribution in [-0.4, -0.2) is 22.9 Å². The van der Waals surface area contributed by atoms with Gasteiger partial charge >= 0.3 is 0 Å². The Hall–Kier alpha value is -1.42. The van der Waals surface area contributed by atoms with Crippen LogP contribution in [0, 0.1) is 5.82 Å². The number of benzene rings is 1. The zero-order valence-electron chi connectivity index (χ0n) is 10.2. The number of carbonyl (C=O) groups is 1. The van der Waals surface area contributed by atoms with Crippen LogP contribution in [0.15, 0.2) is 24.3 Å². The van der Waals surface area contributed by atoms with E-state index in [-0.39, 0.29) is 23.8 Å². The second-order valence-corrected chi connectivity index (χ2v) is 5.23. The molecule has 0 radical (unpaired) electrons. The first-order chi connectivity index (χ1) is 8.66. The van der Waals surface area contributed by atoms with Crippen molar-refractivity contribution in [2.24, 2.45) is 5.73 Å². The van der Waals surface area contributed by atoms with E-state index < -0.39 is 0 Å². The molecule has 2 N–H and O–H groups in total. The van der Waals surface area contributed by atoms with Crippen molar-refractivity contribution >= 4 is 5.91 Å². The van der Waals surface area contributed by atoms with Gasteiger partial charge in [0.15, 0.2) is 0 Å². The molecule has 4 heteroatoms. The van der Waals surface area contributed by atoms with Gasteiger partial charge in [0, 0.05) is 18.5 Å². The molecule has 2 fully saturated rings.